The first-order valence-electron chi connectivity index (χ1n) is 6.67. The predicted molar refractivity (Wildman–Crippen MR) is 79.1 cm³/mol. The van der Waals surface area contributed by atoms with Crippen molar-refractivity contribution in [2.24, 2.45) is 12.8 Å². The summed E-state index contributed by atoms with van der Waals surface area (Å²) in [6.45, 7) is 4.33. The van der Waals surface area contributed by atoms with Crippen molar-refractivity contribution >= 4 is 5.82 Å². The van der Waals surface area contributed by atoms with E-state index in [0.29, 0.717) is 12.1 Å². The summed E-state index contributed by atoms with van der Waals surface area (Å²) < 4.78 is 15.7. The van der Waals surface area contributed by atoms with Gasteiger partial charge in [-0.15, -0.1) is 0 Å². The molecule has 0 fully saturated rings. The molecule has 0 aliphatic carbocycles. The van der Waals surface area contributed by atoms with Crippen molar-refractivity contribution in [1.29, 1.82) is 0 Å². The van der Waals surface area contributed by atoms with Gasteiger partial charge in [0.25, 0.3) is 0 Å². The normalized spacial score (nSPS) is 12.5. The molecule has 2 N–H and O–H groups in total. The first-order valence-corrected chi connectivity index (χ1v) is 6.67. The minimum Gasteiger partial charge on any atom is -0.353 e. The van der Waals surface area contributed by atoms with Crippen LogP contribution in [0.25, 0.3) is 0 Å². The number of nitrogens with zero attached hydrogens (tertiary/aromatic N) is 3. The Hall–Kier alpha value is -1.88. The zero-order valence-electron chi connectivity index (χ0n) is 12.4. The molecule has 4 nitrogen and oxygen atoms in total. The topological polar surface area (TPSA) is 47.1 Å². The minimum absolute atomic E-state index is 0.101. The van der Waals surface area contributed by atoms with Crippen LogP contribution < -0.4 is 10.6 Å². The van der Waals surface area contributed by atoms with Crippen LogP contribution in [0.4, 0.5) is 10.2 Å². The fraction of sp³-hybridized carbons (Fsp3) is 0.400. The number of hydrogen-bond donors (Lipinski definition) is 1. The molecule has 0 aliphatic heterocycles. The summed E-state index contributed by atoms with van der Waals surface area (Å²) in [5.41, 5.74) is 8.39. The highest BCUT2D eigenvalue weighted by Crippen LogP contribution is 2.30. The van der Waals surface area contributed by atoms with Crippen molar-refractivity contribution < 1.29 is 4.39 Å². The second kappa shape index (κ2) is 5.63. The van der Waals surface area contributed by atoms with Gasteiger partial charge in [0.2, 0.25) is 0 Å². The summed E-state index contributed by atoms with van der Waals surface area (Å²) in [6.07, 6.45) is 0. The molecular weight excluding hydrogens is 255 g/mol. The van der Waals surface area contributed by atoms with Crippen LogP contribution in [0.5, 0.6) is 0 Å². The third-order valence-electron chi connectivity index (χ3n) is 3.79. The summed E-state index contributed by atoms with van der Waals surface area (Å²) in [5.74, 6) is 0.737. The van der Waals surface area contributed by atoms with Gasteiger partial charge in [0.15, 0.2) is 0 Å². The number of nitrogens with two attached hydrogens (primary N) is 1. The van der Waals surface area contributed by atoms with Crippen LogP contribution in [0.1, 0.15) is 29.8 Å². The molecule has 0 spiro atoms. The fourth-order valence-electron chi connectivity index (χ4n) is 2.58. The average molecular weight is 276 g/mol. The Morgan fingerprint density at radius 2 is 2.05 bits per heavy atom. The highest BCUT2D eigenvalue weighted by molar-refractivity contribution is 5.51. The first kappa shape index (κ1) is 14.5. The Bertz CT molecular complexity index is 606. The second-order valence-electron chi connectivity index (χ2n) is 5.02. The molecule has 0 aliphatic rings. The van der Waals surface area contributed by atoms with Gasteiger partial charge >= 0.3 is 0 Å². The molecule has 108 valence electrons. The summed E-state index contributed by atoms with van der Waals surface area (Å²) in [7, 11) is 3.82. The van der Waals surface area contributed by atoms with Crippen LogP contribution in [0.15, 0.2) is 24.3 Å². The monoisotopic (exact) mass is 276 g/mol. The number of aromatic nitrogens is 2. The molecule has 0 amide bonds. The molecule has 5 heteroatoms. The molecular formula is C15H21FN4. The van der Waals surface area contributed by atoms with Gasteiger partial charge in [-0.2, -0.15) is 5.10 Å². The van der Waals surface area contributed by atoms with Crippen molar-refractivity contribution in [3.05, 3.63) is 46.9 Å². The first-order chi connectivity index (χ1) is 9.47. The van der Waals surface area contributed by atoms with E-state index < -0.39 is 0 Å². The van der Waals surface area contributed by atoms with Crippen LogP contribution in [-0.2, 0) is 13.6 Å². The molecule has 1 aromatic heterocycles. The number of anilines is 1. The number of aryl methyl sites for hydroxylation is 2. The summed E-state index contributed by atoms with van der Waals surface area (Å²) in [4.78, 5) is 2.01. The maximum absolute atomic E-state index is 13.9. The second-order valence-corrected chi connectivity index (χ2v) is 5.02. The van der Waals surface area contributed by atoms with Crippen LogP contribution >= 0.6 is 0 Å². The van der Waals surface area contributed by atoms with Crippen LogP contribution in [0.3, 0.4) is 0 Å². The smallest absolute Gasteiger partial charge is 0.131 e. The molecule has 2 aromatic rings. The van der Waals surface area contributed by atoms with Crippen molar-refractivity contribution in [1.82, 2.24) is 9.78 Å². The van der Waals surface area contributed by atoms with E-state index in [4.69, 9.17) is 5.73 Å². The fourth-order valence-corrected chi connectivity index (χ4v) is 2.58. The minimum atomic E-state index is -0.194. The van der Waals surface area contributed by atoms with Gasteiger partial charge in [-0.3, -0.25) is 4.68 Å². The summed E-state index contributed by atoms with van der Waals surface area (Å²) >= 11 is 0. The van der Waals surface area contributed by atoms with E-state index in [1.165, 1.54) is 6.07 Å². The Balaban J connectivity index is 2.41. The van der Waals surface area contributed by atoms with E-state index in [9.17, 15) is 4.39 Å². The molecule has 20 heavy (non-hydrogen) atoms. The van der Waals surface area contributed by atoms with E-state index in [2.05, 4.69) is 5.10 Å². The predicted octanol–water partition coefficient (Wildman–Crippen LogP) is 2.52. The lowest BCUT2D eigenvalue weighted by Crippen LogP contribution is -2.26. The van der Waals surface area contributed by atoms with E-state index in [1.54, 1.807) is 10.7 Å². The molecule has 0 radical (unpaired) electrons. The van der Waals surface area contributed by atoms with Gasteiger partial charge in [0.05, 0.1) is 11.7 Å². The number of benzene rings is 1. The van der Waals surface area contributed by atoms with Gasteiger partial charge < -0.3 is 10.6 Å². The van der Waals surface area contributed by atoms with E-state index in [1.807, 2.05) is 45.0 Å². The third-order valence-corrected chi connectivity index (χ3v) is 3.79. The lowest BCUT2D eigenvalue weighted by Gasteiger charge is -2.28. The molecule has 0 saturated heterocycles. The van der Waals surface area contributed by atoms with Gasteiger partial charge in [-0.1, -0.05) is 18.2 Å². The Labute approximate surface area is 119 Å². The third kappa shape index (κ3) is 2.41. The molecule has 0 bridgehead atoms. The molecule has 1 heterocycles. The highest BCUT2D eigenvalue weighted by atomic mass is 19.1. The molecule has 2 rings (SSSR count). The lowest BCUT2D eigenvalue weighted by atomic mass is 10.1. The Kier molecular flexibility index (Phi) is 4.09. The zero-order chi connectivity index (χ0) is 14.9. The Morgan fingerprint density at radius 3 is 2.65 bits per heavy atom. The van der Waals surface area contributed by atoms with Crippen LogP contribution in [0.2, 0.25) is 0 Å². The highest BCUT2D eigenvalue weighted by Gasteiger charge is 2.22. The van der Waals surface area contributed by atoms with Crippen molar-refractivity contribution in [3.8, 4) is 0 Å². The molecule has 0 saturated carbocycles. The van der Waals surface area contributed by atoms with Gasteiger partial charge in [0, 0.05) is 31.8 Å². The average Bonchev–Trinajstić information content (AvgIpc) is 2.71. The number of rotatable bonds is 4. The quantitative estimate of drug-likeness (QED) is 0.933. The van der Waals surface area contributed by atoms with Crippen LogP contribution in [0, 0.1) is 12.7 Å². The van der Waals surface area contributed by atoms with Gasteiger partial charge in [0.1, 0.15) is 11.6 Å². The van der Waals surface area contributed by atoms with E-state index in [-0.39, 0.29) is 11.9 Å². The van der Waals surface area contributed by atoms with Gasteiger partial charge in [-0.05, 0) is 19.9 Å². The maximum atomic E-state index is 13.9. The maximum Gasteiger partial charge on any atom is 0.131 e. The van der Waals surface area contributed by atoms with Gasteiger partial charge in [-0.25, -0.2) is 4.39 Å². The Morgan fingerprint density at radius 1 is 1.40 bits per heavy atom. The molecule has 1 atom stereocenters. The number of halogens is 1. The van der Waals surface area contributed by atoms with Crippen molar-refractivity contribution in [2.75, 3.05) is 11.9 Å². The number of hydrogen-bond acceptors (Lipinski definition) is 3. The summed E-state index contributed by atoms with van der Waals surface area (Å²) in [6, 6.07) is 6.74. The van der Waals surface area contributed by atoms with Crippen molar-refractivity contribution in [3.63, 3.8) is 0 Å². The summed E-state index contributed by atoms with van der Waals surface area (Å²) in [5, 5.41) is 4.40. The largest absolute Gasteiger partial charge is 0.353 e. The SMILES string of the molecule is Cc1nn(C)c(N(C)C(C)c2ccccc2F)c1CN. The standard InChI is InChI=1S/C15H21FN4/c1-10-13(9-17)15(20(4)18-10)19(3)11(2)12-7-5-6-8-14(12)16/h5-8,11H,9,17H2,1-4H3. The molecule has 1 aromatic carbocycles. The van der Waals surface area contributed by atoms with E-state index >= 15 is 0 Å². The van der Waals surface area contributed by atoms with E-state index in [0.717, 1.165) is 17.1 Å². The zero-order valence-corrected chi connectivity index (χ0v) is 12.4. The lowest BCUT2D eigenvalue weighted by molar-refractivity contribution is 0.578. The van der Waals surface area contributed by atoms with Crippen molar-refractivity contribution in [2.45, 2.75) is 26.4 Å². The molecule has 1 unspecified atom stereocenters. The van der Waals surface area contributed by atoms with Crippen LogP contribution in [-0.4, -0.2) is 16.8 Å².